The summed E-state index contributed by atoms with van der Waals surface area (Å²) in [4.78, 5) is 23.5. The number of amides is 1. The van der Waals surface area contributed by atoms with E-state index in [0.29, 0.717) is 5.82 Å². The molecule has 1 saturated heterocycles. The molecule has 28 heavy (non-hydrogen) atoms. The number of rotatable bonds is 4. The van der Waals surface area contributed by atoms with Crippen LogP contribution in [-0.4, -0.2) is 45.3 Å². The van der Waals surface area contributed by atoms with Crippen molar-refractivity contribution in [3.63, 3.8) is 0 Å². The van der Waals surface area contributed by atoms with E-state index in [9.17, 15) is 18.0 Å². The summed E-state index contributed by atoms with van der Waals surface area (Å²) >= 11 is 0. The lowest BCUT2D eigenvalue weighted by molar-refractivity contribution is -0.191. The standard InChI is InChI=1S/C17H15F3N6O2/c18-17(19,20)16(4-6-26(9-16)12-3-1-2-5-22-12)15-24-14(25-28-15)11-7-10(8-23-11)13(21)27/h1-3,5,7-8,23H,4,6,9H2,(H2,21,27). The molecule has 0 aromatic carbocycles. The lowest BCUT2D eigenvalue weighted by Crippen LogP contribution is -2.45. The third-order valence-corrected chi connectivity index (χ3v) is 4.83. The summed E-state index contributed by atoms with van der Waals surface area (Å²) in [5.74, 6) is -0.838. The molecule has 0 radical (unpaired) electrons. The number of carbonyl (C=O) groups excluding carboxylic acids is 1. The molecule has 4 rings (SSSR count). The monoisotopic (exact) mass is 392 g/mol. The van der Waals surface area contributed by atoms with E-state index in [0.717, 1.165) is 0 Å². The van der Waals surface area contributed by atoms with Gasteiger partial charge < -0.3 is 20.1 Å². The number of nitrogens with two attached hydrogens (primary N) is 1. The number of hydrogen-bond donors (Lipinski definition) is 2. The van der Waals surface area contributed by atoms with Gasteiger partial charge in [0.15, 0.2) is 5.41 Å². The molecular formula is C17H15F3N6O2. The van der Waals surface area contributed by atoms with Crippen molar-refractivity contribution in [3.8, 4) is 11.5 Å². The Labute approximate surface area is 156 Å². The van der Waals surface area contributed by atoms with Gasteiger partial charge in [-0.15, -0.1) is 0 Å². The smallest absolute Gasteiger partial charge is 0.366 e. The van der Waals surface area contributed by atoms with Crippen molar-refractivity contribution in [1.29, 1.82) is 0 Å². The van der Waals surface area contributed by atoms with E-state index in [4.69, 9.17) is 10.3 Å². The number of anilines is 1. The second-order valence-corrected chi connectivity index (χ2v) is 6.53. The van der Waals surface area contributed by atoms with E-state index in [-0.39, 0.29) is 36.6 Å². The zero-order chi connectivity index (χ0) is 19.9. The van der Waals surface area contributed by atoms with Crippen LogP contribution in [0.15, 0.2) is 41.2 Å². The Morgan fingerprint density at radius 1 is 1.36 bits per heavy atom. The molecule has 0 aliphatic carbocycles. The Morgan fingerprint density at radius 2 is 2.18 bits per heavy atom. The molecule has 1 aliphatic rings. The molecule has 0 saturated carbocycles. The molecule has 1 amide bonds. The summed E-state index contributed by atoms with van der Waals surface area (Å²) in [5.41, 5.74) is 3.26. The topological polar surface area (TPSA) is 114 Å². The fourth-order valence-corrected chi connectivity index (χ4v) is 3.27. The maximum atomic E-state index is 14.1. The van der Waals surface area contributed by atoms with Crippen LogP contribution in [-0.2, 0) is 5.41 Å². The van der Waals surface area contributed by atoms with Gasteiger partial charge in [-0.3, -0.25) is 4.79 Å². The van der Waals surface area contributed by atoms with Crippen molar-refractivity contribution in [2.24, 2.45) is 5.73 Å². The normalized spacial score (nSPS) is 19.9. The number of aromatic nitrogens is 4. The first-order valence-electron chi connectivity index (χ1n) is 8.36. The molecule has 3 aromatic heterocycles. The molecule has 4 heterocycles. The molecule has 146 valence electrons. The van der Waals surface area contributed by atoms with E-state index < -0.39 is 23.4 Å². The minimum atomic E-state index is -4.60. The first-order valence-corrected chi connectivity index (χ1v) is 8.36. The minimum absolute atomic E-state index is 0.0811. The molecule has 1 fully saturated rings. The molecule has 3 aromatic rings. The van der Waals surface area contributed by atoms with E-state index in [1.54, 1.807) is 18.2 Å². The van der Waals surface area contributed by atoms with Crippen molar-refractivity contribution in [2.75, 3.05) is 18.0 Å². The molecule has 1 aliphatic heterocycles. The van der Waals surface area contributed by atoms with Crippen molar-refractivity contribution < 1.29 is 22.5 Å². The molecule has 1 atom stereocenters. The Balaban J connectivity index is 1.68. The second kappa shape index (κ2) is 6.36. The average molecular weight is 392 g/mol. The average Bonchev–Trinajstić information content (AvgIpc) is 3.39. The Hall–Kier alpha value is -3.37. The van der Waals surface area contributed by atoms with Gasteiger partial charge in [-0.2, -0.15) is 18.2 Å². The molecule has 3 N–H and O–H groups in total. The number of hydrogen-bond acceptors (Lipinski definition) is 6. The Morgan fingerprint density at radius 3 is 2.82 bits per heavy atom. The summed E-state index contributed by atoms with van der Waals surface area (Å²) in [5, 5.41) is 3.66. The van der Waals surface area contributed by atoms with Gasteiger partial charge in [0.2, 0.25) is 17.6 Å². The predicted molar refractivity (Wildman–Crippen MR) is 91.4 cm³/mol. The number of nitrogens with zero attached hydrogens (tertiary/aromatic N) is 4. The van der Waals surface area contributed by atoms with Gasteiger partial charge in [0.1, 0.15) is 5.82 Å². The molecule has 11 heteroatoms. The zero-order valence-corrected chi connectivity index (χ0v) is 14.4. The lowest BCUT2D eigenvalue weighted by atomic mass is 9.86. The van der Waals surface area contributed by atoms with Gasteiger partial charge in [-0.1, -0.05) is 11.2 Å². The van der Waals surface area contributed by atoms with Gasteiger partial charge >= 0.3 is 6.18 Å². The fourth-order valence-electron chi connectivity index (χ4n) is 3.27. The van der Waals surface area contributed by atoms with Crippen LogP contribution in [0.4, 0.5) is 19.0 Å². The quantitative estimate of drug-likeness (QED) is 0.704. The number of alkyl halides is 3. The molecular weight excluding hydrogens is 377 g/mol. The third-order valence-electron chi connectivity index (χ3n) is 4.83. The highest BCUT2D eigenvalue weighted by atomic mass is 19.4. The van der Waals surface area contributed by atoms with Crippen molar-refractivity contribution in [3.05, 3.63) is 48.1 Å². The van der Waals surface area contributed by atoms with Crippen molar-refractivity contribution >= 4 is 11.7 Å². The number of H-pyrrole nitrogens is 1. The van der Waals surface area contributed by atoms with Crippen molar-refractivity contribution in [2.45, 2.75) is 18.0 Å². The first-order chi connectivity index (χ1) is 13.3. The van der Waals surface area contributed by atoms with Crippen LogP contribution in [0.3, 0.4) is 0 Å². The van der Waals surface area contributed by atoms with E-state index in [2.05, 4.69) is 20.1 Å². The van der Waals surface area contributed by atoms with Crippen LogP contribution in [0, 0.1) is 0 Å². The van der Waals surface area contributed by atoms with Gasteiger partial charge in [-0.25, -0.2) is 4.98 Å². The van der Waals surface area contributed by atoms with Crippen LogP contribution in [0.25, 0.3) is 11.5 Å². The highest BCUT2D eigenvalue weighted by molar-refractivity contribution is 5.93. The predicted octanol–water partition coefficient (Wildman–Crippen LogP) is 2.27. The number of pyridine rings is 1. The van der Waals surface area contributed by atoms with Crippen LogP contribution in [0.2, 0.25) is 0 Å². The number of carbonyl (C=O) groups is 1. The number of halogens is 3. The minimum Gasteiger partial charge on any atom is -0.366 e. The SMILES string of the molecule is NC(=O)c1c[nH]c(-c2noc(C3(C(F)(F)F)CCN(c4ccccn4)C3)n2)c1. The summed E-state index contributed by atoms with van der Waals surface area (Å²) < 4.78 is 47.2. The molecule has 8 nitrogen and oxygen atoms in total. The molecule has 0 bridgehead atoms. The van der Waals surface area contributed by atoms with Crippen LogP contribution in [0.5, 0.6) is 0 Å². The van der Waals surface area contributed by atoms with Crippen molar-refractivity contribution in [1.82, 2.24) is 20.1 Å². The number of primary amides is 1. The van der Waals surface area contributed by atoms with Gasteiger partial charge in [0.25, 0.3) is 0 Å². The van der Waals surface area contributed by atoms with Gasteiger partial charge in [-0.05, 0) is 24.6 Å². The van der Waals surface area contributed by atoms with Crippen LogP contribution < -0.4 is 10.6 Å². The van der Waals surface area contributed by atoms with Crippen LogP contribution in [0.1, 0.15) is 22.7 Å². The second-order valence-electron chi connectivity index (χ2n) is 6.53. The maximum Gasteiger partial charge on any atom is 0.405 e. The number of nitrogens with one attached hydrogen (secondary N) is 1. The Kier molecular flexibility index (Phi) is 4.09. The van der Waals surface area contributed by atoms with Gasteiger partial charge in [0, 0.05) is 25.5 Å². The van der Waals surface area contributed by atoms with Gasteiger partial charge in [0.05, 0.1) is 11.3 Å². The highest BCUT2D eigenvalue weighted by Crippen LogP contribution is 2.48. The van der Waals surface area contributed by atoms with Crippen LogP contribution >= 0.6 is 0 Å². The third kappa shape index (κ3) is 2.88. The Bertz CT molecular complexity index is 1000. The zero-order valence-electron chi connectivity index (χ0n) is 14.4. The lowest BCUT2D eigenvalue weighted by Gasteiger charge is -2.28. The summed E-state index contributed by atoms with van der Waals surface area (Å²) in [6.07, 6.45) is -2.00. The summed E-state index contributed by atoms with van der Waals surface area (Å²) in [6, 6.07) is 6.40. The van der Waals surface area contributed by atoms with E-state index in [1.165, 1.54) is 23.4 Å². The number of aromatic amines is 1. The highest BCUT2D eigenvalue weighted by Gasteiger charge is 2.63. The molecule has 1 unspecified atom stereocenters. The fraction of sp³-hybridized carbons (Fsp3) is 0.294. The first kappa shape index (κ1) is 18.0. The summed E-state index contributed by atoms with van der Waals surface area (Å²) in [7, 11) is 0. The maximum absolute atomic E-state index is 14.1. The summed E-state index contributed by atoms with van der Waals surface area (Å²) in [6.45, 7) is -0.241. The largest absolute Gasteiger partial charge is 0.405 e. The van der Waals surface area contributed by atoms with E-state index >= 15 is 0 Å². The van der Waals surface area contributed by atoms with E-state index in [1.807, 2.05) is 0 Å². The molecule has 0 spiro atoms.